The van der Waals surface area contributed by atoms with Crippen molar-refractivity contribution in [1.82, 2.24) is 10.6 Å². The molecule has 0 aromatic heterocycles. The van der Waals surface area contributed by atoms with Gasteiger partial charge in [0.05, 0.1) is 12.6 Å². The summed E-state index contributed by atoms with van der Waals surface area (Å²) in [6, 6.07) is -0.463. The summed E-state index contributed by atoms with van der Waals surface area (Å²) in [7, 11) is 0. The number of alkyl halides is 3. The minimum Gasteiger partial charge on any atom is -0.382 e. The maximum atomic E-state index is 11.9. The summed E-state index contributed by atoms with van der Waals surface area (Å²) in [4.78, 5) is 11.2. The number of carbonyl (C=O) groups excluding carboxylic acids is 1. The van der Waals surface area contributed by atoms with Crippen LogP contribution in [0.5, 0.6) is 0 Å². The summed E-state index contributed by atoms with van der Waals surface area (Å²) in [5.41, 5.74) is 0. The number of nitrogens with one attached hydrogen (secondary N) is 2. The van der Waals surface area contributed by atoms with Crippen LogP contribution in [0.3, 0.4) is 0 Å². The van der Waals surface area contributed by atoms with Crippen molar-refractivity contribution in [3.05, 3.63) is 0 Å². The van der Waals surface area contributed by atoms with Crippen molar-refractivity contribution in [2.75, 3.05) is 18.2 Å². The fourth-order valence-corrected chi connectivity index (χ4v) is 1.94. The Hall–Kier alpha value is -0.470. The van der Waals surface area contributed by atoms with Gasteiger partial charge in [0.25, 0.3) is 0 Å². The van der Waals surface area contributed by atoms with Crippen molar-refractivity contribution in [3.8, 4) is 0 Å². The molecule has 1 aliphatic heterocycles. The first kappa shape index (κ1) is 12.6. The predicted molar refractivity (Wildman–Crippen MR) is 49.3 cm³/mol. The maximum Gasteiger partial charge on any atom is 0.416 e. The van der Waals surface area contributed by atoms with E-state index in [4.69, 9.17) is 5.11 Å². The highest BCUT2D eigenvalue weighted by Gasteiger charge is 2.38. The highest BCUT2D eigenvalue weighted by atomic mass is 32.2. The van der Waals surface area contributed by atoms with Gasteiger partial charge in [-0.15, -0.1) is 11.8 Å². The van der Waals surface area contributed by atoms with Crippen molar-refractivity contribution in [1.29, 1.82) is 0 Å². The van der Waals surface area contributed by atoms with Crippen LogP contribution < -0.4 is 10.6 Å². The first-order chi connectivity index (χ1) is 6.91. The van der Waals surface area contributed by atoms with Crippen LogP contribution in [0.4, 0.5) is 13.2 Å². The van der Waals surface area contributed by atoms with Crippen molar-refractivity contribution >= 4 is 17.7 Å². The van der Waals surface area contributed by atoms with Crippen LogP contribution in [0, 0.1) is 0 Å². The number of amides is 1. The summed E-state index contributed by atoms with van der Waals surface area (Å²) in [6.45, 7) is -0.800. The molecule has 0 saturated carbocycles. The summed E-state index contributed by atoms with van der Waals surface area (Å²) in [5, 5.41) is 13.5. The van der Waals surface area contributed by atoms with E-state index in [1.807, 2.05) is 5.32 Å². The number of carbonyl (C=O) groups is 1. The first-order valence-corrected chi connectivity index (χ1v) is 5.40. The zero-order valence-electron chi connectivity index (χ0n) is 7.67. The molecular formula is C7H11F3N2O2S. The molecule has 2 atom stereocenters. The second-order valence-electron chi connectivity index (χ2n) is 3.07. The minimum absolute atomic E-state index is 0.463. The van der Waals surface area contributed by atoms with E-state index < -0.39 is 30.8 Å². The van der Waals surface area contributed by atoms with Gasteiger partial charge < -0.3 is 10.4 Å². The number of aliphatic hydroxyl groups excluding tert-OH is 1. The fourth-order valence-electron chi connectivity index (χ4n) is 1.000. The van der Waals surface area contributed by atoms with Gasteiger partial charge >= 0.3 is 6.18 Å². The molecule has 1 unspecified atom stereocenters. The molecule has 1 amide bonds. The number of hydrogen-bond donors (Lipinski definition) is 3. The van der Waals surface area contributed by atoms with Crippen LogP contribution in [-0.2, 0) is 4.79 Å². The second kappa shape index (κ2) is 5.04. The number of aliphatic hydroxyl groups is 1. The Morgan fingerprint density at radius 1 is 1.67 bits per heavy atom. The molecule has 1 fully saturated rings. The average molecular weight is 244 g/mol. The first-order valence-electron chi connectivity index (χ1n) is 4.25. The average Bonchev–Trinajstić information content (AvgIpc) is 2.64. The highest BCUT2D eigenvalue weighted by molar-refractivity contribution is 7.99. The van der Waals surface area contributed by atoms with E-state index in [2.05, 4.69) is 5.32 Å². The van der Waals surface area contributed by atoms with Gasteiger partial charge in [-0.3, -0.25) is 10.1 Å². The Balaban J connectivity index is 2.27. The highest BCUT2D eigenvalue weighted by Crippen LogP contribution is 2.19. The fraction of sp³-hybridized carbons (Fsp3) is 0.857. The molecule has 4 nitrogen and oxygen atoms in total. The van der Waals surface area contributed by atoms with Crippen LogP contribution in [0.2, 0.25) is 0 Å². The summed E-state index contributed by atoms with van der Waals surface area (Å²) in [5.74, 6) is 0.636. The van der Waals surface area contributed by atoms with Crippen molar-refractivity contribution in [2.24, 2.45) is 0 Å². The van der Waals surface area contributed by atoms with E-state index in [1.165, 1.54) is 11.8 Å². The van der Waals surface area contributed by atoms with Gasteiger partial charge in [0, 0.05) is 11.6 Å². The molecule has 8 heteroatoms. The third-order valence-electron chi connectivity index (χ3n) is 1.88. The molecule has 0 radical (unpaired) electrons. The Bertz CT molecular complexity index is 231. The van der Waals surface area contributed by atoms with Gasteiger partial charge in [-0.05, 0) is 0 Å². The number of halogens is 3. The molecular weight excluding hydrogens is 233 g/mol. The standard InChI is InChI=1S/C7H11F3N2O2S/c8-7(9,10)5(13)1-11-6(14)4-2-15-3-12-4/h4-5,12-13H,1-3H2,(H,11,14)/t4-,5?/m1/s1. The van der Waals surface area contributed by atoms with Crippen molar-refractivity contribution in [2.45, 2.75) is 18.3 Å². The second-order valence-corrected chi connectivity index (χ2v) is 4.10. The van der Waals surface area contributed by atoms with Gasteiger partial charge in [0.2, 0.25) is 5.91 Å². The summed E-state index contributed by atoms with van der Waals surface area (Å²) >= 11 is 1.49. The summed E-state index contributed by atoms with van der Waals surface area (Å²) in [6.07, 6.45) is -7.19. The lowest BCUT2D eigenvalue weighted by molar-refractivity contribution is -0.201. The number of hydrogen-bond acceptors (Lipinski definition) is 4. The largest absolute Gasteiger partial charge is 0.416 e. The lowest BCUT2D eigenvalue weighted by Gasteiger charge is -2.16. The SMILES string of the molecule is O=C(NCC(O)C(F)(F)F)[C@H]1CSCN1. The topological polar surface area (TPSA) is 61.4 Å². The van der Waals surface area contributed by atoms with Crippen LogP contribution in [0.25, 0.3) is 0 Å². The molecule has 1 heterocycles. The van der Waals surface area contributed by atoms with E-state index >= 15 is 0 Å². The molecule has 1 aliphatic rings. The smallest absolute Gasteiger partial charge is 0.382 e. The predicted octanol–water partition coefficient (Wildman–Crippen LogP) is -0.312. The van der Waals surface area contributed by atoms with E-state index in [0.717, 1.165) is 0 Å². The molecule has 0 aromatic carbocycles. The Morgan fingerprint density at radius 3 is 2.80 bits per heavy atom. The molecule has 0 spiro atoms. The molecule has 3 N–H and O–H groups in total. The van der Waals surface area contributed by atoms with Crippen molar-refractivity contribution < 1.29 is 23.1 Å². The molecule has 0 aromatic rings. The zero-order valence-corrected chi connectivity index (χ0v) is 8.49. The molecule has 0 bridgehead atoms. The molecule has 1 saturated heterocycles. The normalized spacial score (nSPS) is 23.9. The van der Waals surface area contributed by atoms with Crippen LogP contribution in [0.1, 0.15) is 0 Å². The van der Waals surface area contributed by atoms with Gasteiger partial charge in [0.1, 0.15) is 0 Å². The van der Waals surface area contributed by atoms with Gasteiger partial charge in [-0.1, -0.05) is 0 Å². The van der Waals surface area contributed by atoms with E-state index in [-0.39, 0.29) is 0 Å². The van der Waals surface area contributed by atoms with E-state index in [9.17, 15) is 18.0 Å². The quantitative estimate of drug-likeness (QED) is 0.637. The molecule has 0 aliphatic carbocycles. The molecule has 15 heavy (non-hydrogen) atoms. The third kappa shape index (κ3) is 3.88. The Morgan fingerprint density at radius 2 is 2.33 bits per heavy atom. The lowest BCUT2D eigenvalue weighted by atomic mass is 10.3. The molecule has 1 rings (SSSR count). The number of rotatable bonds is 3. The summed E-state index contributed by atoms with van der Waals surface area (Å²) < 4.78 is 35.6. The van der Waals surface area contributed by atoms with Crippen molar-refractivity contribution in [3.63, 3.8) is 0 Å². The van der Waals surface area contributed by atoms with Crippen LogP contribution in [-0.4, -0.2) is 47.5 Å². The maximum absolute atomic E-state index is 11.9. The van der Waals surface area contributed by atoms with Gasteiger partial charge in [-0.2, -0.15) is 13.2 Å². The van der Waals surface area contributed by atoms with Crippen LogP contribution >= 0.6 is 11.8 Å². The zero-order chi connectivity index (χ0) is 11.5. The van der Waals surface area contributed by atoms with Gasteiger partial charge in [0.15, 0.2) is 6.10 Å². The third-order valence-corrected chi connectivity index (χ3v) is 2.82. The monoisotopic (exact) mass is 244 g/mol. The number of thioether (sulfide) groups is 1. The Labute approximate surface area is 88.6 Å². The van der Waals surface area contributed by atoms with E-state index in [1.54, 1.807) is 0 Å². The van der Waals surface area contributed by atoms with E-state index in [0.29, 0.717) is 11.6 Å². The lowest BCUT2D eigenvalue weighted by Crippen LogP contribution is -2.47. The van der Waals surface area contributed by atoms with Gasteiger partial charge in [-0.25, -0.2) is 0 Å². The Kier molecular flexibility index (Phi) is 4.23. The van der Waals surface area contributed by atoms with Crippen LogP contribution in [0.15, 0.2) is 0 Å². The molecule has 88 valence electrons. The minimum atomic E-state index is -4.69.